The smallest absolute Gasteiger partial charge is 0.131 e. The average Bonchev–Trinajstić information content (AvgIpc) is 2.35. The van der Waals surface area contributed by atoms with Crippen molar-refractivity contribution in [2.24, 2.45) is 0 Å². The van der Waals surface area contributed by atoms with E-state index in [2.05, 4.69) is 42.0 Å². The van der Waals surface area contributed by atoms with Crippen molar-refractivity contribution in [3.05, 3.63) is 40.7 Å². The molecule has 2 aromatic rings. The van der Waals surface area contributed by atoms with Gasteiger partial charge >= 0.3 is 0 Å². The van der Waals surface area contributed by atoms with Crippen LogP contribution in [0.15, 0.2) is 18.2 Å². The molecule has 0 saturated heterocycles. The minimum absolute atomic E-state index is 0.581. The Bertz CT molecular complexity index is 589. The quantitative estimate of drug-likeness (QED) is 0.878. The van der Waals surface area contributed by atoms with E-state index < -0.39 is 0 Å². The monoisotopic (exact) mass is 241 g/mol. The second-order valence-corrected chi connectivity index (χ2v) is 4.67. The maximum atomic E-state index is 5.97. The fraction of sp³-hybridized carbons (Fsp3) is 0.333. The summed E-state index contributed by atoms with van der Waals surface area (Å²) in [6, 6.07) is 6.39. The summed E-state index contributed by atoms with van der Waals surface area (Å²) in [4.78, 5) is 8.93. The predicted octanol–water partition coefficient (Wildman–Crippen LogP) is 3.21. The number of nitrogens with zero attached hydrogens (tertiary/aromatic N) is 2. The lowest BCUT2D eigenvalue weighted by Crippen LogP contribution is -2.04. The third-order valence-corrected chi connectivity index (χ3v) is 3.19. The molecule has 0 aliphatic heterocycles. The first-order chi connectivity index (χ1) is 8.52. The number of hydrogen-bond donors (Lipinski definition) is 1. The topological polar surface area (TPSA) is 51.8 Å². The Morgan fingerprint density at radius 2 is 1.83 bits per heavy atom. The molecule has 0 amide bonds. The molecule has 3 heteroatoms. The van der Waals surface area contributed by atoms with Crippen molar-refractivity contribution in [3.8, 4) is 11.3 Å². The number of benzene rings is 1. The zero-order valence-corrected chi connectivity index (χ0v) is 11.4. The minimum Gasteiger partial charge on any atom is -0.383 e. The normalized spacial score (nSPS) is 10.7. The van der Waals surface area contributed by atoms with Crippen molar-refractivity contribution in [1.82, 2.24) is 9.97 Å². The molecule has 1 aromatic carbocycles. The van der Waals surface area contributed by atoms with Crippen molar-refractivity contribution >= 4 is 5.82 Å². The number of nitrogen functional groups attached to an aromatic ring is 1. The largest absolute Gasteiger partial charge is 0.383 e. The molecule has 18 heavy (non-hydrogen) atoms. The van der Waals surface area contributed by atoms with Gasteiger partial charge in [-0.05, 0) is 32.4 Å². The highest BCUT2D eigenvalue weighted by atomic mass is 15.0. The molecule has 0 saturated carbocycles. The molecule has 0 aliphatic carbocycles. The van der Waals surface area contributed by atoms with Crippen LogP contribution in [0.1, 0.15) is 29.4 Å². The predicted molar refractivity (Wildman–Crippen MR) is 75.5 cm³/mol. The number of aryl methyl sites for hydroxylation is 3. The third-order valence-electron chi connectivity index (χ3n) is 3.19. The Hall–Kier alpha value is -1.90. The van der Waals surface area contributed by atoms with E-state index in [0.717, 1.165) is 29.1 Å². The van der Waals surface area contributed by atoms with Gasteiger partial charge in [-0.1, -0.05) is 24.6 Å². The Kier molecular flexibility index (Phi) is 3.32. The molecular weight excluding hydrogens is 222 g/mol. The van der Waals surface area contributed by atoms with Gasteiger partial charge in [0.05, 0.1) is 5.69 Å². The van der Waals surface area contributed by atoms with Crippen LogP contribution in [0.25, 0.3) is 11.3 Å². The van der Waals surface area contributed by atoms with Crippen LogP contribution in [0.3, 0.4) is 0 Å². The second-order valence-electron chi connectivity index (χ2n) is 4.67. The molecule has 94 valence electrons. The van der Waals surface area contributed by atoms with Crippen molar-refractivity contribution in [1.29, 1.82) is 0 Å². The molecular formula is C15H19N3. The lowest BCUT2D eigenvalue weighted by molar-refractivity contribution is 0.939. The molecule has 0 bridgehead atoms. The summed E-state index contributed by atoms with van der Waals surface area (Å²) >= 11 is 0. The highest BCUT2D eigenvalue weighted by Crippen LogP contribution is 2.28. The summed E-state index contributed by atoms with van der Waals surface area (Å²) in [6.45, 7) is 8.20. The van der Waals surface area contributed by atoms with E-state index in [9.17, 15) is 0 Å². The Labute approximate surface area is 108 Å². The number of hydrogen-bond acceptors (Lipinski definition) is 3. The minimum atomic E-state index is 0.581. The van der Waals surface area contributed by atoms with Gasteiger partial charge in [0.25, 0.3) is 0 Å². The average molecular weight is 241 g/mol. The first-order valence-corrected chi connectivity index (χ1v) is 6.23. The van der Waals surface area contributed by atoms with Gasteiger partial charge in [0.2, 0.25) is 0 Å². The van der Waals surface area contributed by atoms with Crippen LogP contribution < -0.4 is 5.73 Å². The molecule has 0 aliphatic rings. The molecule has 0 radical (unpaired) electrons. The molecule has 2 N–H and O–H groups in total. The molecule has 0 atom stereocenters. The Morgan fingerprint density at radius 3 is 2.50 bits per heavy atom. The van der Waals surface area contributed by atoms with Gasteiger partial charge in [-0.3, -0.25) is 0 Å². The van der Waals surface area contributed by atoms with E-state index in [1.807, 2.05) is 13.8 Å². The van der Waals surface area contributed by atoms with Crippen LogP contribution in [0.5, 0.6) is 0 Å². The molecule has 3 nitrogen and oxygen atoms in total. The first kappa shape index (κ1) is 12.6. The van der Waals surface area contributed by atoms with Crippen molar-refractivity contribution in [3.63, 3.8) is 0 Å². The van der Waals surface area contributed by atoms with E-state index in [0.29, 0.717) is 5.82 Å². The lowest BCUT2D eigenvalue weighted by atomic mass is 10.00. The van der Waals surface area contributed by atoms with E-state index in [1.54, 1.807) is 0 Å². The van der Waals surface area contributed by atoms with Gasteiger partial charge in [-0.2, -0.15) is 0 Å². The second kappa shape index (κ2) is 4.77. The molecule has 2 rings (SSSR count). The van der Waals surface area contributed by atoms with Gasteiger partial charge in [0.15, 0.2) is 0 Å². The fourth-order valence-corrected chi connectivity index (χ4v) is 1.99. The first-order valence-electron chi connectivity index (χ1n) is 6.23. The highest BCUT2D eigenvalue weighted by Gasteiger charge is 2.12. The zero-order chi connectivity index (χ0) is 13.3. The molecule has 1 heterocycles. The highest BCUT2D eigenvalue weighted by molar-refractivity contribution is 5.70. The third kappa shape index (κ3) is 2.21. The summed E-state index contributed by atoms with van der Waals surface area (Å²) in [5.74, 6) is 1.38. The van der Waals surface area contributed by atoms with Crippen LogP contribution in [0.2, 0.25) is 0 Å². The number of aromatic nitrogens is 2. The van der Waals surface area contributed by atoms with Crippen LogP contribution in [-0.4, -0.2) is 9.97 Å². The summed E-state index contributed by atoms with van der Waals surface area (Å²) in [6.07, 6.45) is 0.794. The molecule has 1 aromatic heterocycles. The van der Waals surface area contributed by atoms with Gasteiger partial charge in [0, 0.05) is 17.5 Å². The molecule has 0 fully saturated rings. The maximum Gasteiger partial charge on any atom is 0.131 e. The van der Waals surface area contributed by atoms with E-state index in [1.165, 1.54) is 11.1 Å². The van der Waals surface area contributed by atoms with Crippen LogP contribution in [0.4, 0.5) is 5.82 Å². The molecule has 0 spiro atoms. The van der Waals surface area contributed by atoms with E-state index in [-0.39, 0.29) is 0 Å². The SMILES string of the molecule is CCc1nc(N)c(C)c(-c2cc(C)ccc2C)n1. The number of rotatable bonds is 2. The van der Waals surface area contributed by atoms with Crippen LogP contribution in [-0.2, 0) is 6.42 Å². The fourth-order valence-electron chi connectivity index (χ4n) is 1.99. The summed E-state index contributed by atoms with van der Waals surface area (Å²) < 4.78 is 0. The standard InChI is InChI=1S/C15H19N3/c1-5-13-17-14(11(4)15(16)18-13)12-8-9(2)6-7-10(12)3/h6-8H,5H2,1-4H3,(H2,16,17,18). The van der Waals surface area contributed by atoms with Crippen molar-refractivity contribution in [2.75, 3.05) is 5.73 Å². The maximum absolute atomic E-state index is 5.97. The summed E-state index contributed by atoms with van der Waals surface area (Å²) in [5, 5.41) is 0. The van der Waals surface area contributed by atoms with Gasteiger partial charge in [0.1, 0.15) is 11.6 Å². The van der Waals surface area contributed by atoms with Crippen molar-refractivity contribution in [2.45, 2.75) is 34.1 Å². The Morgan fingerprint density at radius 1 is 1.11 bits per heavy atom. The van der Waals surface area contributed by atoms with Gasteiger partial charge in [-0.25, -0.2) is 9.97 Å². The Balaban J connectivity index is 2.69. The number of anilines is 1. The summed E-state index contributed by atoms with van der Waals surface area (Å²) in [5.41, 5.74) is 11.5. The molecule has 0 unspecified atom stereocenters. The summed E-state index contributed by atoms with van der Waals surface area (Å²) in [7, 11) is 0. The van der Waals surface area contributed by atoms with Crippen LogP contribution in [0, 0.1) is 20.8 Å². The van der Waals surface area contributed by atoms with E-state index in [4.69, 9.17) is 5.73 Å². The number of nitrogens with two attached hydrogens (primary N) is 1. The lowest BCUT2D eigenvalue weighted by Gasteiger charge is -2.12. The van der Waals surface area contributed by atoms with Gasteiger partial charge < -0.3 is 5.73 Å². The zero-order valence-electron chi connectivity index (χ0n) is 11.4. The van der Waals surface area contributed by atoms with E-state index >= 15 is 0 Å². The van der Waals surface area contributed by atoms with Crippen LogP contribution >= 0.6 is 0 Å². The van der Waals surface area contributed by atoms with Gasteiger partial charge in [-0.15, -0.1) is 0 Å². The van der Waals surface area contributed by atoms with Crippen molar-refractivity contribution < 1.29 is 0 Å².